The zero-order valence-electron chi connectivity index (χ0n) is 20.6. The van der Waals surface area contributed by atoms with E-state index in [0.717, 1.165) is 15.4 Å². The molecule has 36 heavy (non-hydrogen) atoms. The summed E-state index contributed by atoms with van der Waals surface area (Å²) in [4.78, 5) is 26.8. The largest absolute Gasteiger partial charge is 0.324 e. The molecule has 0 spiro atoms. The average molecular weight is 505 g/mol. The minimum absolute atomic E-state index is 0.0156. The predicted octanol–water partition coefficient (Wildman–Crippen LogP) is 3.94. The van der Waals surface area contributed by atoms with Crippen molar-refractivity contribution in [2.24, 2.45) is 7.05 Å². The number of sulfonamides is 1. The molecule has 0 bridgehead atoms. The van der Waals surface area contributed by atoms with Crippen LogP contribution in [-0.2, 0) is 21.9 Å². The van der Waals surface area contributed by atoms with Crippen LogP contribution in [-0.4, -0.2) is 30.2 Å². The fourth-order valence-corrected chi connectivity index (χ4v) is 5.72. The Labute approximate surface area is 210 Å². The van der Waals surface area contributed by atoms with Crippen molar-refractivity contribution in [3.63, 3.8) is 0 Å². The van der Waals surface area contributed by atoms with E-state index in [1.807, 2.05) is 26.0 Å². The Morgan fingerprint density at radius 3 is 2.03 bits per heavy atom. The van der Waals surface area contributed by atoms with Crippen LogP contribution in [0.25, 0.3) is 5.69 Å². The van der Waals surface area contributed by atoms with E-state index in [4.69, 9.17) is 0 Å². The molecule has 0 fully saturated rings. The van der Waals surface area contributed by atoms with Crippen molar-refractivity contribution in [2.75, 3.05) is 16.2 Å². The molecule has 0 aliphatic rings. The maximum absolute atomic E-state index is 13.8. The molecule has 9 heteroatoms. The standard InChI is InChI=1S/C27H28N4O4S/c1-19-15-20(2)17-22(16-19)28-25(32)18-30(36(34,35)24-13-9-6-10-14-24)26-21(3)29(4)31(27(26)33)23-11-7-5-8-12-23/h5-17H,18H2,1-4H3,(H,28,32). The number of aromatic nitrogens is 2. The molecule has 4 rings (SSSR count). The number of hydrogen-bond acceptors (Lipinski definition) is 4. The lowest BCUT2D eigenvalue weighted by molar-refractivity contribution is -0.114. The number of rotatable bonds is 7. The molecule has 1 heterocycles. The van der Waals surface area contributed by atoms with Gasteiger partial charge in [-0.3, -0.25) is 14.3 Å². The molecule has 0 saturated heterocycles. The van der Waals surface area contributed by atoms with Gasteiger partial charge in [-0.1, -0.05) is 42.5 Å². The number of aryl methyl sites for hydroxylation is 2. The monoisotopic (exact) mass is 504 g/mol. The first-order chi connectivity index (χ1) is 17.1. The summed E-state index contributed by atoms with van der Waals surface area (Å²) in [5, 5.41) is 2.78. The highest BCUT2D eigenvalue weighted by Gasteiger charge is 2.33. The van der Waals surface area contributed by atoms with Gasteiger partial charge in [-0.25, -0.2) is 17.4 Å². The highest BCUT2D eigenvalue weighted by molar-refractivity contribution is 7.92. The van der Waals surface area contributed by atoms with Gasteiger partial charge in [0.05, 0.1) is 16.3 Å². The number of para-hydroxylation sites is 1. The highest BCUT2D eigenvalue weighted by atomic mass is 32.2. The molecular formula is C27H28N4O4S. The molecule has 4 aromatic rings. The number of carbonyl (C=O) groups excluding carboxylic acids is 1. The molecule has 0 unspecified atom stereocenters. The second-order valence-electron chi connectivity index (χ2n) is 8.66. The fourth-order valence-electron chi connectivity index (χ4n) is 4.22. The second kappa shape index (κ2) is 9.87. The van der Waals surface area contributed by atoms with Crippen LogP contribution in [0, 0.1) is 20.8 Å². The molecule has 1 aromatic heterocycles. The van der Waals surface area contributed by atoms with Crippen molar-refractivity contribution < 1.29 is 13.2 Å². The number of carbonyl (C=O) groups is 1. The smallest absolute Gasteiger partial charge is 0.296 e. The van der Waals surface area contributed by atoms with E-state index in [1.54, 1.807) is 73.3 Å². The minimum atomic E-state index is -4.24. The quantitative estimate of drug-likeness (QED) is 0.413. The molecule has 3 aromatic carbocycles. The maximum atomic E-state index is 13.8. The number of amides is 1. The number of benzene rings is 3. The summed E-state index contributed by atoms with van der Waals surface area (Å²) in [5.41, 5.74) is 2.84. The minimum Gasteiger partial charge on any atom is -0.324 e. The van der Waals surface area contributed by atoms with Crippen LogP contribution >= 0.6 is 0 Å². The zero-order chi connectivity index (χ0) is 26.0. The normalized spacial score (nSPS) is 11.3. The first-order valence-corrected chi connectivity index (χ1v) is 12.8. The summed E-state index contributed by atoms with van der Waals surface area (Å²) in [6, 6.07) is 22.3. The van der Waals surface area contributed by atoms with Crippen molar-refractivity contribution in [3.8, 4) is 5.69 Å². The Morgan fingerprint density at radius 2 is 1.44 bits per heavy atom. The zero-order valence-corrected chi connectivity index (χ0v) is 21.4. The number of nitrogens with one attached hydrogen (secondary N) is 1. The van der Waals surface area contributed by atoms with E-state index in [1.165, 1.54) is 16.8 Å². The van der Waals surface area contributed by atoms with Crippen molar-refractivity contribution in [3.05, 3.63) is 106 Å². The first kappa shape index (κ1) is 25.0. The Kier molecular flexibility index (Phi) is 6.85. The first-order valence-electron chi connectivity index (χ1n) is 11.4. The van der Waals surface area contributed by atoms with Gasteiger partial charge in [-0.15, -0.1) is 0 Å². The number of nitrogens with zero attached hydrogens (tertiary/aromatic N) is 3. The maximum Gasteiger partial charge on any atom is 0.296 e. The van der Waals surface area contributed by atoms with Gasteiger partial charge in [0, 0.05) is 12.7 Å². The van der Waals surface area contributed by atoms with Crippen molar-refractivity contribution >= 4 is 27.3 Å². The fraction of sp³-hybridized carbons (Fsp3) is 0.185. The molecular weight excluding hydrogens is 476 g/mol. The lowest BCUT2D eigenvalue weighted by Gasteiger charge is -2.23. The topological polar surface area (TPSA) is 93.4 Å². The van der Waals surface area contributed by atoms with Crippen LogP contribution in [0.1, 0.15) is 16.8 Å². The Balaban J connectivity index is 1.83. The number of anilines is 2. The van der Waals surface area contributed by atoms with E-state index in [-0.39, 0.29) is 10.6 Å². The molecule has 0 aliphatic carbocycles. The summed E-state index contributed by atoms with van der Waals surface area (Å²) >= 11 is 0. The third-order valence-corrected chi connectivity index (χ3v) is 7.66. The van der Waals surface area contributed by atoms with Crippen LogP contribution in [0.3, 0.4) is 0 Å². The highest BCUT2D eigenvalue weighted by Crippen LogP contribution is 2.25. The number of hydrogen-bond donors (Lipinski definition) is 1. The molecule has 8 nitrogen and oxygen atoms in total. The molecule has 186 valence electrons. The van der Waals surface area contributed by atoms with Crippen LogP contribution in [0.15, 0.2) is 88.6 Å². The molecule has 0 radical (unpaired) electrons. The predicted molar refractivity (Wildman–Crippen MR) is 141 cm³/mol. The average Bonchev–Trinajstić information content (AvgIpc) is 3.05. The van der Waals surface area contributed by atoms with Gasteiger partial charge < -0.3 is 5.32 Å². The van der Waals surface area contributed by atoms with Crippen LogP contribution in [0.2, 0.25) is 0 Å². The van der Waals surface area contributed by atoms with Crippen LogP contribution in [0.5, 0.6) is 0 Å². The van der Waals surface area contributed by atoms with E-state index in [9.17, 15) is 18.0 Å². The van der Waals surface area contributed by atoms with Gasteiger partial charge >= 0.3 is 0 Å². The summed E-state index contributed by atoms with van der Waals surface area (Å²) < 4.78 is 31.4. The van der Waals surface area contributed by atoms with Gasteiger partial charge in [0.1, 0.15) is 12.2 Å². The van der Waals surface area contributed by atoms with E-state index >= 15 is 0 Å². The summed E-state index contributed by atoms with van der Waals surface area (Å²) in [6.07, 6.45) is 0. The Bertz CT molecular complexity index is 1550. The summed E-state index contributed by atoms with van der Waals surface area (Å²) in [7, 11) is -2.57. The molecule has 1 N–H and O–H groups in total. The second-order valence-corrected chi connectivity index (χ2v) is 10.5. The lowest BCUT2D eigenvalue weighted by Crippen LogP contribution is -2.41. The molecule has 0 atom stereocenters. The van der Waals surface area contributed by atoms with Gasteiger partial charge in [0.15, 0.2) is 0 Å². The van der Waals surface area contributed by atoms with Crippen LogP contribution in [0.4, 0.5) is 11.4 Å². The van der Waals surface area contributed by atoms with Gasteiger partial charge in [-0.2, -0.15) is 0 Å². The summed E-state index contributed by atoms with van der Waals surface area (Å²) in [5.74, 6) is -0.562. The van der Waals surface area contributed by atoms with Gasteiger partial charge in [0.2, 0.25) is 5.91 Å². The third kappa shape index (κ3) is 4.83. The van der Waals surface area contributed by atoms with Crippen molar-refractivity contribution in [1.82, 2.24) is 9.36 Å². The molecule has 1 amide bonds. The summed E-state index contributed by atoms with van der Waals surface area (Å²) in [6.45, 7) is 4.91. The van der Waals surface area contributed by atoms with E-state index in [0.29, 0.717) is 17.1 Å². The molecule has 0 aliphatic heterocycles. The SMILES string of the molecule is Cc1cc(C)cc(NC(=O)CN(c2c(C)n(C)n(-c3ccccc3)c2=O)S(=O)(=O)c2ccccc2)c1. The van der Waals surface area contributed by atoms with E-state index in [2.05, 4.69) is 5.32 Å². The third-order valence-electron chi connectivity index (χ3n) is 5.90. The Morgan fingerprint density at radius 1 is 0.889 bits per heavy atom. The van der Waals surface area contributed by atoms with E-state index < -0.39 is 28.0 Å². The van der Waals surface area contributed by atoms with Gasteiger partial charge in [0.25, 0.3) is 15.6 Å². The lowest BCUT2D eigenvalue weighted by atomic mass is 10.1. The Hall–Kier alpha value is -4.11. The van der Waals surface area contributed by atoms with Gasteiger partial charge in [-0.05, 0) is 68.3 Å². The van der Waals surface area contributed by atoms with Crippen molar-refractivity contribution in [1.29, 1.82) is 0 Å². The molecule has 0 saturated carbocycles. The van der Waals surface area contributed by atoms with Crippen LogP contribution < -0.4 is 15.2 Å². The van der Waals surface area contributed by atoms with Crippen molar-refractivity contribution in [2.45, 2.75) is 25.7 Å².